The number of nitrogens with one attached hydrogen (secondary N) is 1. The highest BCUT2D eigenvalue weighted by molar-refractivity contribution is 5.95. The van der Waals surface area contributed by atoms with Gasteiger partial charge in [0.25, 0.3) is 5.91 Å². The maximum Gasteiger partial charge on any atom is 0.265 e. The summed E-state index contributed by atoms with van der Waals surface area (Å²) < 4.78 is 5.89. The highest BCUT2D eigenvalue weighted by Crippen LogP contribution is 2.24. The molecule has 0 aliphatic carbocycles. The Bertz CT molecular complexity index is 700. The minimum absolute atomic E-state index is 0.119. The maximum absolute atomic E-state index is 12.6. The van der Waals surface area contributed by atoms with Gasteiger partial charge in [-0.1, -0.05) is 44.2 Å². The lowest BCUT2D eigenvalue weighted by atomic mass is 10.0. The van der Waals surface area contributed by atoms with Crippen LogP contribution in [-0.2, 0) is 17.6 Å². The lowest BCUT2D eigenvalue weighted by Gasteiger charge is -2.19. The Balaban J connectivity index is 2.16. The van der Waals surface area contributed by atoms with E-state index in [-0.39, 0.29) is 5.91 Å². The van der Waals surface area contributed by atoms with E-state index in [2.05, 4.69) is 31.3 Å². The van der Waals surface area contributed by atoms with E-state index < -0.39 is 6.10 Å². The number of hydrogen-bond acceptors (Lipinski definition) is 2. The minimum atomic E-state index is -0.555. The first-order valence-corrected chi connectivity index (χ1v) is 8.62. The zero-order valence-corrected chi connectivity index (χ0v) is 15.3. The van der Waals surface area contributed by atoms with Crippen LogP contribution in [0.3, 0.4) is 0 Å². The van der Waals surface area contributed by atoms with Crippen molar-refractivity contribution in [3.8, 4) is 5.75 Å². The van der Waals surface area contributed by atoms with Crippen LogP contribution < -0.4 is 10.1 Å². The summed E-state index contributed by atoms with van der Waals surface area (Å²) in [6, 6.07) is 12.1. The molecule has 0 aliphatic heterocycles. The fraction of sp³-hybridized carbons (Fsp3) is 0.381. The van der Waals surface area contributed by atoms with Crippen molar-refractivity contribution in [3.05, 3.63) is 58.7 Å². The van der Waals surface area contributed by atoms with E-state index in [1.165, 1.54) is 0 Å². The summed E-state index contributed by atoms with van der Waals surface area (Å²) in [6.45, 7) is 10.0. The largest absolute Gasteiger partial charge is 0.481 e. The number of aryl methyl sites for hydroxylation is 3. The van der Waals surface area contributed by atoms with Gasteiger partial charge in [-0.3, -0.25) is 4.79 Å². The molecule has 0 fully saturated rings. The Kier molecular flexibility index (Phi) is 6.02. The topological polar surface area (TPSA) is 38.3 Å². The van der Waals surface area contributed by atoms with Gasteiger partial charge in [-0.2, -0.15) is 0 Å². The molecule has 0 radical (unpaired) electrons. The molecule has 0 aromatic heterocycles. The minimum Gasteiger partial charge on any atom is -0.481 e. The first-order chi connectivity index (χ1) is 11.5. The first-order valence-electron chi connectivity index (χ1n) is 8.62. The van der Waals surface area contributed by atoms with Crippen molar-refractivity contribution >= 4 is 11.6 Å². The number of anilines is 1. The van der Waals surface area contributed by atoms with Crippen LogP contribution in [0.5, 0.6) is 5.75 Å². The Labute approximate surface area is 145 Å². The van der Waals surface area contributed by atoms with Gasteiger partial charge in [0.1, 0.15) is 5.75 Å². The Morgan fingerprint density at radius 3 is 2.21 bits per heavy atom. The third-order valence-corrected chi connectivity index (χ3v) is 4.47. The fourth-order valence-electron chi connectivity index (χ4n) is 2.72. The molecule has 1 atom stereocenters. The van der Waals surface area contributed by atoms with Crippen molar-refractivity contribution in [2.45, 2.75) is 53.6 Å². The number of carbonyl (C=O) groups excluding carboxylic acids is 1. The van der Waals surface area contributed by atoms with E-state index >= 15 is 0 Å². The molecule has 128 valence electrons. The average molecular weight is 325 g/mol. The molecule has 1 amide bonds. The molecule has 3 nitrogen and oxygen atoms in total. The molecule has 0 unspecified atom stereocenters. The van der Waals surface area contributed by atoms with Crippen molar-refractivity contribution in [1.29, 1.82) is 0 Å². The maximum atomic E-state index is 12.6. The lowest BCUT2D eigenvalue weighted by molar-refractivity contribution is -0.122. The molecule has 3 heteroatoms. The van der Waals surface area contributed by atoms with Crippen LogP contribution >= 0.6 is 0 Å². The van der Waals surface area contributed by atoms with E-state index in [4.69, 9.17) is 4.74 Å². The molecule has 2 aromatic carbocycles. The molecule has 0 aliphatic rings. The number of amides is 1. The van der Waals surface area contributed by atoms with Gasteiger partial charge < -0.3 is 10.1 Å². The van der Waals surface area contributed by atoms with Crippen LogP contribution in [0, 0.1) is 13.8 Å². The van der Waals surface area contributed by atoms with Crippen molar-refractivity contribution < 1.29 is 9.53 Å². The van der Waals surface area contributed by atoms with E-state index in [0.717, 1.165) is 46.5 Å². The highest BCUT2D eigenvalue weighted by atomic mass is 16.5. The van der Waals surface area contributed by atoms with Crippen molar-refractivity contribution in [1.82, 2.24) is 0 Å². The Hall–Kier alpha value is -2.29. The zero-order valence-electron chi connectivity index (χ0n) is 15.3. The fourth-order valence-corrected chi connectivity index (χ4v) is 2.72. The number of hydrogen-bond donors (Lipinski definition) is 1. The zero-order chi connectivity index (χ0) is 17.7. The van der Waals surface area contributed by atoms with Gasteiger partial charge in [0.15, 0.2) is 6.10 Å². The predicted octanol–water partition coefficient (Wildman–Crippen LogP) is 4.83. The molecular weight excluding hydrogens is 298 g/mol. The summed E-state index contributed by atoms with van der Waals surface area (Å²) in [6.07, 6.45) is 1.21. The molecule has 0 bridgehead atoms. The van der Waals surface area contributed by atoms with Gasteiger partial charge in [0.2, 0.25) is 0 Å². The summed E-state index contributed by atoms with van der Waals surface area (Å²) in [5.41, 5.74) is 5.47. The van der Waals surface area contributed by atoms with E-state index in [1.54, 1.807) is 6.92 Å². The van der Waals surface area contributed by atoms with Crippen molar-refractivity contribution in [2.75, 3.05) is 5.32 Å². The SMILES string of the molecule is CCc1cccc(CC)c1NC(=O)[C@H](C)Oc1cccc(C)c1C. The van der Waals surface area contributed by atoms with E-state index in [0.29, 0.717) is 0 Å². The average Bonchev–Trinajstić information content (AvgIpc) is 2.58. The van der Waals surface area contributed by atoms with Crippen LogP contribution in [0.4, 0.5) is 5.69 Å². The second-order valence-electron chi connectivity index (χ2n) is 6.11. The predicted molar refractivity (Wildman–Crippen MR) is 99.8 cm³/mol. The van der Waals surface area contributed by atoms with Gasteiger partial charge in [0, 0.05) is 5.69 Å². The second kappa shape index (κ2) is 8.00. The molecule has 2 rings (SSSR count). The van der Waals surface area contributed by atoms with Crippen molar-refractivity contribution in [2.24, 2.45) is 0 Å². The Morgan fingerprint density at radius 2 is 1.62 bits per heavy atom. The molecule has 0 spiro atoms. The number of para-hydroxylation sites is 1. The van der Waals surface area contributed by atoms with Gasteiger partial charge in [0.05, 0.1) is 0 Å². The second-order valence-corrected chi connectivity index (χ2v) is 6.11. The van der Waals surface area contributed by atoms with Crippen LogP contribution in [0.25, 0.3) is 0 Å². The van der Waals surface area contributed by atoms with Crippen molar-refractivity contribution in [3.63, 3.8) is 0 Å². The van der Waals surface area contributed by atoms with Gasteiger partial charge in [-0.15, -0.1) is 0 Å². The summed E-state index contributed by atoms with van der Waals surface area (Å²) in [7, 11) is 0. The monoisotopic (exact) mass is 325 g/mol. The quantitative estimate of drug-likeness (QED) is 0.826. The van der Waals surface area contributed by atoms with E-state index in [9.17, 15) is 4.79 Å². The molecule has 1 N–H and O–H groups in total. The Morgan fingerprint density at radius 1 is 1.04 bits per heavy atom. The summed E-state index contributed by atoms with van der Waals surface area (Å²) in [5.74, 6) is 0.642. The number of carbonyl (C=O) groups is 1. The summed E-state index contributed by atoms with van der Waals surface area (Å²) in [5, 5.41) is 3.07. The van der Waals surface area contributed by atoms with Crippen LogP contribution in [0.15, 0.2) is 36.4 Å². The van der Waals surface area contributed by atoms with Crippen LogP contribution in [0.2, 0.25) is 0 Å². The number of rotatable bonds is 6. The van der Waals surface area contributed by atoms with E-state index in [1.807, 2.05) is 38.1 Å². The molecule has 2 aromatic rings. The van der Waals surface area contributed by atoms with Crippen LogP contribution in [0.1, 0.15) is 43.0 Å². The molecule has 0 saturated heterocycles. The lowest BCUT2D eigenvalue weighted by Crippen LogP contribution is -2.31. The van der Waals surface area contributed by atoms with Crippen LogP contribution in [-0.4, -0.2) is 12.0 Å². The highest BCUT2D eigenvalue weighted by Gasteiger charge is 2.18. The number of ether oxygens (including phenoxy) is 1. The smallest absolute Gasteiger partial charge is 0.265 e. The molecule has 24 heavy (non-hydrogen) atoms. The standard InChI is InChI=1S/C21H27NO2/c1-6-17-11-9-12-18(7-2)20(17)22-21(23)16(5)24-19-13-8-10-14(3)15(19)4/h8-13,16H,6-7H2,1-5H3,(H,22,23)/t16-/m0/s1. The summed E-state index contributed by atoms with van der Waals surface area (Å²) >= 11 is 0. The summed E-state index contributed by atoms with van der Waals surface area (Å²) in [4.78, 5) is 12.6. The number of benzene rings is 2. The normalized spacial score (nSPS) is 11.9. The third kappa shape index (κ3) is 3.97. The van der Waals surface area contributed by atoms with Gasteiger partial charge >= 0.3 is 0 Å². The molecule has 0 saturated carbocycles. The molecule has 0 heterocycles. The van der Waals surface area contributed by atoms with Gasteiger partial charge in [-0.05, 0) is 61.9 Å². The van der Waals surface area contributed by atoms with Gasteiger partial charge in [-0.25, -0.2) is 0 Å². The third-order valence-electron chi connectivity index (χ3n) is 4.47. The molecular formula is C21H27NO2. The first kappa shape index (κ1) is 18.1.